The Morgan fingerprint density at radius 3 is 2.64 bits per heavy atom. The number of nitrogens with one attached hydrogen (secondary N) is 1. The Labute approximate surface area is 145 Å². The summed E-state index contributed by atoms with van der Waals surface area (Å²) in [6.07, 6.45) is -0.0480. The third kappa shape index (κ3) is 4.94. The van der Waals surface area contributed by atoms with E-state index in [0.29, 0.717) is 37.2 Å². The summed E-state index contributed by atoms with van der Waals surface area (Å²) in [5.74, 6) is -1.29. The van der Waals surface area contributed by atoms with E-state index in [9.17, 15) is 14.4 Å². The standard InChI is InChI=1S/C17H20N4O4/c1-11(15(22)20-14-4-2-3-12(9-14)10-18)25-16(23)13-5-7-21(8-6-13)17(19)24/h2-4,9,11,13H,5-8H2,1H3,(H2,19,24)(H,20,22). The smallest absolute Gasteiger partial charge is 0.314 e. The van der Waals surface area contributed by atoms with Crippen LogP contribution in [0.3, 0.4) is 0 Å². The fourth-order valence-corrected chi connectivity index (χ4v) is 2.57. The minimum Gasteiger partial charge on any atom is -0.452 e. The SMILES string of the molecule is CC(OC(=O)C1CCN(C(N)=O)CC1)C(=O)Nc1cccc(C#N)c1. The number of anilines is 1. The zero-order valence-corrected chi connectivity index (χ0v) is 13.9. The first-order valence-corrected chi connectivity index (χ1v) is 7.96. The highest BCUT2D eigenvalue weighted by Crippen LogP contribution is 2.19. The first-order chi connectivity index (χ1) is 11.9. The van der Waals surface area contributed by atoms with Crippen LogP contribution in [0.25, 0.3) is 0 Å². The number of hydrogen-bond acceptors (Lipinski definition) is 5. The molecule has 1 aromatic rings. The van der Waals surface area contributed by atoms with E-state index in [1.165, 1.54) is 17.9 Å². The molecule has 1 unspecified atom stereocenters. The topological polar surface area (TPSA) is 126 Å². The molecule has 0 aromatic heterocycles. The number of esters is 1. The number of ether oxygens (including phenoxy) is 1. The summed E-state index contributed by atoms with van der Waals surface area (Å²) < 4.78 is 5.23. The average Bonchev–Trinajstić information content (AvgIpc) is 2.61. The van der Waals surface area contributed by atoms with Crippen molar-refractivity contribution in [1.82, 2.24) is 4.90 Å². The van der Waals surface area contributed by atoms with E-state index in [1.807, 2.05) is 6.07 Å². The number of hydrogen-bond donors (Lipinski definition) is 2. The van der Waals surface area contributed by atoms with E-state index in [-0.39, 0.29) is 5.92 Å². The van der Waals surface area contributed by atoms with E-state index >= 15 is 0 Å². The normalized spacial score (nSPS) is 15.8. The van der Waals surface area contributed by atoms with Gasteiger partial charge in [-0.15, -0.1) is 0 Å². The molecule has 0 aliphatic carbocycles. The number of carbonyl (C=O) groups is 3. The Bertz CT molecular complexity index is 705. The maximum Gasteiger partial charge on any atom is 0.314 e. The van der Waals surface area contributed by atoms with Gasteiger partial charge < -0.3 is 20.7 Å². The van der Waals surface area contributed by atoms with Gasteiger partial charge in [-0.1, -0.05) is 6.07 Å². The lowest BCUT2D eigenvalue weighted by Crippen LogP contribution is -2.44. The number of carbonyl (C=O) groups excluding carboxylic acids is 3. The van der Waals surface area contributed by atoms with Gasteiger partial charge in [0.25, 0.3) is 5.91 Å². The number of nitrogens with zero attached hydrogens (tertiary/aromatic N) is 2. The molecule has 1 fully saturated rings. The van der Waals surface area contributed by atoms with Crippen molar-refractivity contribution in [3.63, 3.8) is 0 Å². The molecule has 0 spiro atoms. The molecule has 1 heterocycles. The van der Waals surface area contributed by atoms with Crippen LogP contribution >= 0.6 is 0 Å². The Kier molecular flexibility index (Phi) is 5.95. The van der Waals surface area contributed by atoms with Crippen molar-refractivity contribution in [3.8, 4) is 6.07 Å². The molecule has 0 radical (unpaired) electrons. The number of amides is 3. The van der Waals surface area contributed by atoms with Crippen LogP contribution in [0.4, 0.5) is 10.5 Å². The number of likely N-dealkylation sites (tertiary alicyclic amines) is 1. The van der Waals surface area contributed by atoms with Crippen molar-refractivity contribution in [3.05, 3.63) is 29.8 Å². The summed E-state index contributed by atoms with van der Waals surface area (Å²) in [6, 6.07) is 7.93. The number of benzene rings is 1. The molecule has 8 nitrogen and oxygen atoms in total. The minimum atomic E-state index is -0.965. The third-order valence-electron chi connectivity index (χ3n) is 4.06. The monoisotopic (exact) mass is 344 g/mol. The molecule has 1 saturated heterocycles. The number of primary amides is 1. The van der Waals surface area contributed by atoms with Crippen LogP contribution < -0.4 is 11.1 Å². The summed E-state index contributed by atoms with van der Waals surface area (Å²) in [5.41, 5.74) is 6.08. The van der Waals surface area contributed by atoms with E-state index in [4.69, 9.17) is 15.7 Å². The molecule has 1 aliphatic rings. The number of urea groups is 1. The molecule has 2 rings (SSSR count). The minimum absolute atomic E-state index is 0.354. The van der Waals surface area contributed by atoms with Crippen molar-refractivity contribution in [2.75, 3.05) is 18.4 Å². The molecular weight excluding hydrogens is 324 g/mol. The zero-order valence-electron chi connectivity index (χ0n) is 13.9. The van der Waals surface area contributed by atoms with Gasteiger partial charge in [0.2, 0.25) is 0 Å². The molecule has 8 heteroatoms. The zero-order chi connectivity index (χ0) is 18.4. The second kappa shape index (κ2) is 8.15. The fraction of sp³-hybridized carbons (Fsp3) is 0.412. The van der Waals surface area contributed by atoms with Gasteiger partial charge in [-0.05, 0) is 38.0 Å². The highest BCUT2D eigenvalue weighted by Gasteiger charge is 2.29. The van der Waals surface area contributed by atoms with Crippen LogP contribution in [0.5, 0.6) is 0 Å². The van der Waals surface area contributed by atoms with Crippen LogP contribution in [-0.2, 0) is 14.3 Å². The fourth-order valence-electron chi connectivity index (χ4n) is 2.57. The largest absolute Gasteiger partial charge is 0.452 e. The third-order valence-corrected chi connectivity index (χ3v) is 4.06. The molecule has 25 heavy (non-hydrogen) atoms. The maximum absolute atomic E-state index is 12.2. The second-order valence-electron chi connectivity index (χ2n) is 5.86. The molecule has 1 aliphatic heterocycles. The van der Waals surface area contributed by atoms with E-state index in [0.717, 1.165) is 0 Å². The van der Waals surface area contributed by atoms with Crippen molar-refractivity contribution >= 4 is 23.6 Å². The Balaban J connectivity index is 1.85. The molecule has 3 N–H and O–H groups in total. The number of nitrogens with two attached hydrogens (primary N) is 1. The summed E-state index contributed by atoms with van der Waals surface area (Å²) >= 11 is 0. The number of nitriles is 1. The van der Waals surface area contributed by atoms with Crippen molar-refractivity contribution < 1.29 is 19.1 Å². The Hall–Kier alpha value is -3.08. The quantitative estimate of drug-likeness (QED) is 0.794. The highest BCUT2D eigenvalue weighted by molar-refractivity contribution is 5.95. The van der Waals surface area contributed by atoms with E-state index < -0.39 is 24.0 Å². The summed E-state index contributed by atoms with van der Waals surface area (Å²) in [4.78, 5) is 36.8. The lowest BCUT2D eigenvalue weighted by atomic mass is 9.97. The van der Waals surface area contributed by atoms with Gasteiger partial charge in [0.15, 0.2) is 6.10 Å². The van der Waals surface area contributed by atoms with Gasteiger partial charge in [0.05, 0.1) is 17.6 Å². The Morgan fingerprint density at radius 1 is 1.36 bits per heavy atom. The molecule has 0 bridgehead atoms. The second-order valence-corrected chi connectivity index (χ2v) is 5.86. The average molecular weight is 344 g/mol. The first-order valence-electron chi connectivity index (χ1n) is 7.96. The van der Waals surface area contributed by atoms with Crippen molar-refractivity contribution in [1.29, 1.82) is 5.26 Å². The predicted molar refractivity (Wildman–Crippen MR) is 89.2 cm³/mol. The molecule has 0 saturated carbocycles. The van der Waals surface area contributed by atoms with Crippen LogP contribution in [0, 0.1) is 17.2 Å². The summed E-state index contributed by atoms with van der Waals surface area (Å²) in [7, 11) is 0. The lowest BCUT2D eigenvalue weighted by molar-refractivity contribution is -0.158. The molecule has 3 amide bonds. The van der Waals surface area contributed by atoms with Gasteiger partial charge in [0.1, 0.15) is 0 Å². The van der Waals surface area contributed by atoms with Crippen LogP contribution in [0.1, 0.15) is 25.3 Å². The van der Waals surface area contributed by atoms with Crippen molar-refractivity contribution in [2.45, 2.75) is 25.9 Å². The Morgan fingerprint density at radius 2 is 2.04 bits per heavy atom. The molecule has 1 atom stereocenters. The van der Waals surface area contributed by atoms with E-state index in [2.05, 4.69) is 5.32 Å². The predicted octanol–water partition coefficient (Wildman–Crippen LogP) is 1.22. The van der Waals surface area contributed by atoms with Gasteiger partial charge in [-0.2, -0.15) is 5.26 Å². The lowest BCUT2D eigenvalue weighted by Gasteiger charge is -2.30. The van der Waals surface area contributed by atoms with Gasteiger partial charge in [0, 0.05) is 18.8 Å². The number of piperidine rings is 1. The first kappa shape index (κ1) is 18.3. The molecular formula is C17H20N4O4. The van der Waals surface area contributed by atoms with Gasteiger partial charge in [-0.25, -0.2) is 4.79 Å². The molecule has 1 aromatic carbocycles. The highest BCUT2D eigenvalue weighted by atomic mass is 16.5. The summed E-state index contributed by atoms with van der Waals surface area (Å²) in [6.45, 7) is 2.28. The van der Waals surface area contributed by atoms with Gasteiger partial charge in [-0.3, -0.25) is 9.59 Å². The summed E-state index contributed by atoms with van der Waals surface area (Å²) in [5, 5.41) is 11.5. The van der Waals surface area contributed by atoms with Gasteiger partial charge >= 0.3 is 12.0 Å². The van der Waals surface area contributed by atoms with Crippen LogP contribution in [0.2, 0.25) is 0 Å². The van der Waals surface area contributed by atoms with Crippen molar-refractivity contribution in [2.24, 2.45) is 11.7 Å². The molecule has 132 valence electrons. The van der Waals surface area contributed by atoms with Crippen LogP contribution in [0.15, 0.2) is 24.3 Å². The van der Waals surface area contributed by atoms with Crippen LogP contribution in [-0.4, -0.2) is 42.0 Å². The van der Waals surface area contributed by atoms with E-state index in [1.54, 1.807) is 18.2 Å². The maximum atomic E-state index is 12.2. The number of rotatable bonds is 4.